The number of fused-ring (bicyclic) bond motifs is 2. The Morgan fingerprint density at radius 1 is 0.816 bits per heavy atom. The highest BCUT2D eigenvalue weighted by Crippen LogP contribution is 2.31. The second-order valence-electron chi connectivity index (χ2n) is 10.0. The summed E-state index contributed by atoms with van der Waals surface area (Å²) in [6, 6.07) is 16.8. The van der Waals surface area contributed by atoms with Gasteiger partial charge in [0.15, 0.2) is 16.6 Å². The minimum absolute atomic E-state index is 0.489. The number of ether oxygens (including phenoxy) is 2. The van der Waals surface area contributed by atoms with Crippen molar-refractivity contribution in [1.29, 1.82) is 0 Å². The molecule has 1 saturated heterocycles. The Labute approximate surface area is 229 Å². The predicted molar refractivity (Wildman–Crippen MR) is 154 cm³/mol. The molecule has 2 aromatic carbocycles. The van der Waals surface area contributed by atoms with E-state index >= 15 is 0 Å². The van der Waals surface area contributed by atoms with Gasteiger partial charge in [-0.15, -0.1) is 0 Å². The Morgan fingerprint density at radius 2 is 1.55 bits per heavy atom. The van der Waals surface area contributed by atoms with Gasteiger partial charge in [-0.3, -0.25) is 0 Å². The van der Waals surface area contributed by atoms with Crippen LogP contribution in [0.4, 0.5) is 17.6 Å². The van der Waals surface area contributed by atoms with Crippen LogP contribution in [0.25, 0.3) is 0 Å². The predicted octanol–water partition coefficient (Wildman–Crippen LogP) is 4.68. The van der Waals surface area contributed by atoms with Crippen molar-refractivity contribution >= 4 is 34.9 Å². The molecule has 1 aromatic heterocycles. The van der Waals surface area contributed by atoms with Gasteiger partial charge in [-0.25, -0.2) is 0 Å². The number of thiocarbonyl (C=S) groups is 1. The van der Waals surface area contributed by atoms with E-state index in [2.05, 4.69) is 50.8 Å². The van der Waals surface area contributed by atoms with Gasteiger partial charge in [0.2, 0.25) is 5.95 Å². The Balaban J connectivity index is 1.19. The quantitative estimate of drug-likeness (QED) is 0.458. The van der Waals surface area contributed by atoms with Crippen LogP contribution in [-0.4, -0.2) is 47.9 Å². The number of hydrogen-bond donors (Lipinski definition) is 2. The minimum Gasteiger partial charge on any atom is -0.486 e. The Morgan fingerprint density at radius 3 is 2.37 bits per heavy atom. The molecule has 8 nitrogen and oxygen atoms in total. The summed E-state index contributed by atoms with van der Waals surface area (Å²) in [5.74, 6) is 3.99. The smallest absolute Gasteiger partial charge is 0.232 e. The lowest BCUT2D eigenvalue weighted by Crippen LogP contribution is -2.33. The van der Waals surface area contributed by atoms with Crippen LogP contribution in [0.2, 0.25) is 0 Å². The van der Waals surface area contributed by atoms with E-state index in [0.29, 0.717) is 30.8 Å². The molecule has 0 radical (unpaired) electrons. The maximum atomic E-state index is 5.71. The molecule has 0 aliphatic carbocycles. The fourth-order valence-corrected chi connectivity index (χ4v) is 5.48. The number of nitrogens with zero attached hydrogens (tertiary/aromatic N) is 4. The normalized spacial score (nSPS) is 16.8. The lowest BCUT2D eigenvalue weighted by atomic mass is 10.00. The first-order chi connectivity index (χ1) is 18.7. The van der Waals surface area contributed by atoms with Crippen LogP contribution >= 0.6 is 12.2 Å². The molecule has 0 amide bonds. The maximum Gasteiger partial charge on any atom is 0.232 e. The van der Waals surface area contributed by atoms with Crippen LogP contribution in [0, 0.1) is 0 Å². The Hall–Kier alpha value is -3.59. The van der Waals surface area contributed by atoms with Crippen molar-refractivity contribution in [3.8, 4) is 11.5 Å². The molecule has 6 rings (SSSR count). The fraction of sp³-hybridized carbons (Fsp3) is 0.414. The van der Waals surface area contributed by atoms with Crippen molar-refractivity contribution in [2.75, 3.05) is 48.0 Å². The molecule has 9 heteroatoms. The highest BCUT2D eigenvalue weighted by atomic mass is 32.1. The van der Waals surface area contributed by atoms with E-state index < -0.39 is 0 Å². The molecular weight excluding hydrogens is 496 g/mol. The van der Waals surface area contributed by atoms with Gasteiger partial charge in [0.1, 0.15) is 24.8 Å². The molecule has 1 fully saturated rings. The molecule has 3 aliphatic heterocycles. The van der Waals surface area contributed by atoms with Crippen molar-refractivity contribution in [1.82, 2.24) is 15.3 Å². The summed E-state index contributed by atoms with van der Waals surface area (Å²) in [7, 11) is 0. The second kappa shape index (κ2) is 11.4. The molecule has 0 atom stereocenters. The van der Waals surface area contributed by atoms with Crippen molar-refractivity contribution in [2.45, 2.75) is 45.2 Å². The van der Waals surface area contributed by atoms with Crippen LogP contribution < -0.4 is 29.9 Å². The summed E-state index contributed by atoms with van der Waals surface area (Å²) >= 11 is 5.64. The SMILES string of the molecule is S=C(NCc1ccc2c(c1)OCCO2)Nc1nc(N2CCCCCC2)cc(N2CCc3ccccc3C2)n1. The Bertz CT molecular complexity index is 1290. The number of hydrogen-bond acceptors (Lipinski definition) is 7. The summed E-state index contributed by atoms with van der Waals surface area (Å²) in [6.45, 7) is 5.53. The third-order valence-corrected chi connectivity index (χ3v) is 7.62. The van der Waals surface area contributed by atoms with Crippen LogP contribution in [0.1, 0.15) is 42.4 Å². The zero-order chi connectivity index (χ0) is 25.7. The summed E-state index contributed by atoms with van der Waals surface area (Å²) in [5, 5.41) is 7.04. The molecule has 0 unspecified atom stereocenters. The van der Waals surface area contributed by atoms with Gasteiger partial charge >= 0.3 is 0 Å². The van der Waals surface area contributed by atoms with Crippen molar-refractivity contribution in [3.63, 3.8) is 0 Å². The third kappa shape index (κ3) is 5.78. The number of anilines is 3. The summed E-state index contributed by atoms with van der Waals surface area (Å²) in [6.07, 6.45) is 5.94. The summed E-state index contributed by atoms with van der Waals surface area (Å²) in [4.78, 5) is 14.6. The van der Waals surface area contributed by atoms with E-state index in [9.17, 15) is 0 Å². The number of rotatable bonds is 5. The molecule has 4 heterocycles. The summed E-state index contributed by atoms with van der Waals surface area (Å²) < 4.78 is 11.3. The average Bonchev–Trinajstić information content (AvgIpc) is 3.25. The van der Waals surface area contributed by atoms with E-state index in [4.69, 9.17) is 31.7 Å². The van der Waals surface area contributed by atoms with Crippen molar-refractivity contribution in [2.24, 2.45) is 0 Å². The summed E-state index contributed by atoms with van der Waals surface area (Å²) in [5.41, 5.74) is 3.85. The average molecular weight is 531 g/mol. The second-order valence-corrected chi connectivity index (χ2v) is 10.4. The molecule has 0 bridgehead atoms. The molecule has 198 valence electrons. The largest absolute Gasteiger partial charge is 0.486 e. The van der Waals surface area contributed by atoms with Gasteiger partial charge in [0, 0.05) is 38.8 Å². The monoisotopic (exact) mass is 530 g/mol. The minimum atomic E-state index is 0.489. The lowest BCUT2D eigenvalue weighted by molar-refractivity contribution is 0.171. The molecule has 38 heavy (non-hydrogen) atoms. The van der Waals surface area contributed by atoms with Gasteiger partial charge in [0.05, 0.1) is 0 Å². The number of benzene rings is 2. The Kier molecular flexibility index (Phi) is 7.44. The van der Waals surface area contributed by atoms with Crippen LogP contribution in [-0.2, 0) is 19.5 Å². The number of nitrogens with one attached hydrogen (secondary N) is 2. The van der Waals surface area contributed by atoms with Gasteiger partial charge in [-0.2, -0.15) is 9.97 Å². The maximum absolute atomic E-state index is 5.71. The van der Waals surface area contributed by atoms with E-state index in [-0.39, 0.29) is 0 Å². The van der Waals surface area contributed by atoms with Crippen LogP contribution in [0.15, 0.2) is 48.5 Å². The first-order valence-corrected chi connectivity index (χ1v) is 14.0. The highest BCUT2D eigenvalue weighted by molar-refractivity contribution is 7.80. The van der Waals surface area contributed by atoms with E-state index in [1.165, 1.54) is 36.8 Å². The first kappa shape index (κ1) is 24.7. The van der Waals surface area contributed by atoms with Crippen molar-refractivity contribution in [3.05, 3.63) is 65.2 Å². The lowest BCUT2D eigenvalue weighted by Gasteiger charge is -2.31. The zero-order valence-electron chi connectivity index (χ0n) is 21.6. The molecule has 0 saturated carbocycles. The van der Waals surface area contributed by atoms with Gasteiger partial charge in [-0.1, -0.05) is 43.2 Å². The molecule has 0 spiro atoms. The third-order valence-electron chi connectivity index (χ3n) is 7.37. The molecule has 2 N–H and O–H groups in total. The molecular formula is C29H34N6O2S. The fourth-order valence-electron chi connectivity index (χ4n) is 5.32. The number of aromatic nitrogens is 2. The van der Waals surface area contributed by atoms with Crippen LogP contribution in [0.5, 0.6) is 11.5 Å². The van der Waals surface area contributed by atoms with Crippen molar-refractivity contribution < 1.29 is 9.47 Å². The van der Waals surface area contributed by atoms with E-state index in [1.54, 1.807) is 0 Å². The topological polar surface area (TPSA) is 74.8 Å². The van der Waals surface area contributed by atoms with E-state index in [0.717, 1.165) is 61.3 Å². The van der Waals surface area contributed by atoms with Gasteiger partial charge in [0.25, 0.3) is 0 Å². The molecule has 3 aromatic rings. The first-order valence-electron chi connectivity index (χ1n) is 13.6. The zero-order valence-corrected chi connectivity index (χ0v) is 22.4. The highest BCUT2D eigenvalue weighted by Gasteiger charge is 2.21. The van der Waals surface area contributed by atoms with E-state index in [1.807, 2.05) is 18.2 Å². The van der Waals surface area contributed by atoms with Crippen LogP contribution in [0.3, 0.4) is 0 Å². The van der Waals surface area contributed by atoms with Gasteiger partial charge in [-0.05, 0) is 60.3 Å². The van der Waals surface area contributed by atoms with Gasteiger partial charge < -0.3 is 29.9 Å². The standard InChI is InChI=1S/C29H34N6O2S/c38-29(30-19-21-9-10-24-25(17-21)37-16-15-36-24)33-28-31-26(34-12-5-1-2-6-13-34)18-27(32-28)35-14-11-22-7-3-4-8-23(22)20-35/h3-4,7-10,17-18H,1-2,5-6,11-16,19-20H2,(H2,30,31,32,33,38). The molecule has 3 aliphatic rings.